The van der Waals surface area contributed by atoms with Crippen LogP contribution in [0.3, 0.4) is 0 Å². The van der Waals surface area contributed by atoms with Gasteiger partial charge < -0.3 is 10.0 Å². The molecule has 4 aromatic rings. The van der Waals surface area contributed by atoms with Crippen molar-refractivity contribution >= 4 is 28.6 Å². The van der Waals surface area contributed by atoms with Crippen molar-refractivity contribution in [2.75, 3.05) is 18.0 Å². The predicted molar refractivity (Wildman–Crippen MR) is 136 cm³/mol. The maximum atomic E-state index is 12.6. The summed E-state index contributed by atoms with van der Waals surface area (Å²) in [5, 5.41) is 10.9. The number of benzene rings is 2. The molecule has 2 aromatic heterocycles. The third kappa shape index (κ3) is 3.76. The van der Waals surface area contributed by atoms with Gasteiger partial charge in [0.1, 0.15) is 5.56 Å². The van der Waals surface area contributed by atoms with Gasteiger partial charge in [-0.3, -0.25) is 23.9 Å². The monoisotopic (exact) mass is 474 g/mol. The van der Waals surface area contributed by atoms with Crippen LogP contribution in [-0.2, 0) is 14.1 Å². The van der Waals surface area contributed by atoms with Gasteiger partial charge in [0.25, 0.3) is 5.56 Å². The summed E-state index contributed by atoms with van der Waals surface area (Å²) in [5.41, 5.74) is 2.45. The number of hydrogen-bond donors (Lipinski definition) is 2. The molecule has 10 heteroatoms. The second-order valence-electron chi connectivity index (χ2n) is 8.85. The van der Waals surface area contributed by atoms with E-state index in [9.17, 15) is 19.5 Å². The van der Waals surface area contributed by atoms with Gasteiger partial charge in [0, 0.05) is 33.4 Å². The molecule has 0 aliphatic carbocycles. The predicted octanol–water partition coefficient (Wildman–Crippen LogP) is 2.08. The van der Waals surface area contributed by atoms with Crippen molar-refractivity contribution in [1.82, 2.24) is 18.7 Å². The number of aliphatic imine (C=N–C) groups is 1. The Labute approximate surface area is 200 Å². The Bertz CT molecular complexity index is 1660. The molecule has 2 N–H and O–H groups in total. The van der Waals surface area contributed by atoms with E-state index in [4.69, 9.17) is 0 Å². The second-order valence-corrected chi connectivity index (χ2v) is 8.85. The van der Waals surface area contributed by atoms with Crippen LogP contribution in [0.1, 0.15) is 24.0 Å². The van der Waals surface area contributed by atoms with Crippen molar-refractivity contribution in [3.63, 3.8) is 0 Å². The van der Waals surface area contributed by atoms with Crippen molar-refractivity contribution in [2.45, 2.75) is 19.8 Å². The number of aromatic nitrogens is 4. The van der Waals surface area contributed by atoms with E-state index in [0.29, 0.717) is 16.9 Å². The van der Waals surface area contributed by atoms with Gasteiger partial charge in [0.15, 0.2) is 0 Å². The van der Waals surface area contributed by atoms with Gasteiger partial charge in [0.05, 0.1) is 28.1 Å². The van der Waals surface area contributed by atoms with Crippen molar-refractivity contribution in [2.24, 2.45) is 19.1 Å². The molecule has 0 bridgehead atoms. The fraction of sp³-hybridized carbons (Fsp3) is 0.280. The first-order valence-electron chi connectivity index (χ1n) is 11.4. The van der Waals surface area contributed by atoms with Crippen LogP contribution >= 0.6 is 0 Å². The average molecular weight is 475 g/mol. The largest absolute Gasteiger partial charge is 0.493 e. The minimum Gasteiger partial charge on any atom is -0.493 e. The highest BCUT2D eigenvalue weighted by Crippen LogP contribution is 2.35. The summed E-state index contributed by atoms with van der Waals surface area (Å²) in [5.74, 6) is -0.496. The number of aromatic amines is 1. The van der Waals surface area contributed by atoms with Gasteiger partial charge >= 0.3 is 11.4 Å². The Morgan fingerprint density at radius 1 is 1.00 bits per heavy atom. The normalized spacial score (nSPS) is 14.0. The molecular formula is C25H26N6O4. The number of hydrogen-bond acceptors (Lipinski definition) is 6. The van der Waals surface area contributed by atoms with Crippen LogP contribution in [-0.4, -0.2) is 43.1 Å². The Morgan fingerprint density at radius 2 is 1.69 bits per heavy atom. The van der Waals surface area contributed by atoms with E-state index in [1.165, 1.54) is 6.21 Å². The Hall–Kier alpha value is -4.34. The van der Waals surface area contributed by atoms with E-state index in [1.807, 2.05) is 25.1 Å². The first-order chi connectivity index (χ1) is 16.8. The highest BCUT2D eigenvalue weighted by Gasteiger charge is 2.20. The fourth-order valence-electron chi connectivity index (χ4n) is 4.63. The Morgan fingerprint density at radius 3 is 2.37 bits per heavy atom. The summed E-state index contributed by atoms with van der Waals surface area (Å²) < 4.78 is 4.18. The molecule has 3 heterocycles. The molecule has 2 aromatic carbocycles. The molecule has 0 saturated carbocycles. The summed E-state index contributed by atoms with van der Waals surface area (Å²) in [6, 6.07) is 10.8. The molecule has 1 aliphatic heterocycles. The molecule has 1 fully saturated rings. The van der Waals surface area contributed by atoms with Crippen molar-refractivity contribution in [3.8, 4) is 11.6 Å². The van der Waals surface area contributed by atoms with E-state index in [0.717, 1.165) is 47.3 Å². The smallest absolute Gasteiger partial charge is 0.335 e. The molecule has 5 rings (SSSR count). The maximum absolute atomic E-state index is 12.6. The molecule has 35 heavy (non-hydrogen) atoms. The second kappa shape index (κ2) is 8.46. The van der Waals surface area contributed by atoms with Crippen molar-refractivity contribution < 1.29 is 5.11 Å². The van der Waals surface area contributed by atoms with Crippen molar-refractivity contribution in [3.05, 3.63) is 78.8 Å². The van der Waals surface area contributed by atoms with Gasteiger partial charge in [-0.15, -0.1) is 0 Å². The van der Waals surface area contributed by atoms with Crippen LogP contribution in [0, 0.1) is 6.92 Å². The van der Waals surface area contributed by atoms with E-state index in [2.05, 4.69) is 14.9 Å². The lowest BCUT2D eigenvalue weighted by atomic mass is 10.2. The van der Waals surface area contributed by atoms with E-state index < -0.39 is 17.1 Å². The van der Waals surface area contributed by atoms with Crippen molar-refractivity contribution in [1.29, 1.82) is 0 Å². The average Bonchev–Trinajstić information content (AvgIpc) is 3.42. The standard InChI is InChI=1S/C25H26N6O4/c1-15-7-6-8-16(11-15)31-23(33)17(22(32)27-24(31)34)14-26-18-12-20-21(29(3)25(35)28(20)2)13-19(18)30-9-4-5-10-30/h6-8,11-14,33H,4-5,9-10H2,1-3H3,(H,27,32,34). The highest BCUT2D eigenvalue weighted by atomic mass is 16.3. The zero-order chi connectivity index (χ0) is 24.9. The summed E-state index contributed by atoms with van der Waals surface area (Å²) in [6.07, 6.45) is 3.37. The van der Waals surface area contributed by atoms with Crippen LogP contribution in [0.2, 0.25) is 0 Å². The lowest BCUT2D eigenvalue weighted by molar-refractivity contribution is 0.430. The molecule has 1 aliphatic rings. The summed E-state index contributed by atoms with van der Waals surface area (Å²) in [6.45, 7) is 3.59. The number of fused-ring (bicyclic) bond motifs is 1. The molecular weight excluding hydrogens is 448 g/mol. The molecule has 0 radical (unpaired) electrons. The molecule has 0 unspecified atom stereocenters. The van der Waals surface area contributed by atoms with Crippen LogP contribution in [0.15, 0.2) is 55.8 Å². The van der Waals surface area contributed by atoms with E-state index >= 15 is 0 Å². The number of aryl methyl sites for hydroxylation is 3. The van der Waals surface area contributed by atoms with Crippen LogP contribution in [0.4, 0.5) is 11.4 Å². The SMILES string of the molecule is Cc1cccc(-n2c(O)c(C=Nc3cc4c(cc3N3CCCC3)n(C)c(=O)n4C)c(=O)[nH]c2=O)c1. The van der Waals surface area contributed by atoms with Gasteiger partial charge in [0.2, 0.25) is 5.88 Å². The van der Waals surface area contributed by atoms with Crippen LogP contribution < -0.4 is 21.8 Å². The Kier molecular flexibility index (Phi) is 5.43. The molecule has 0 atom stereocenters. The van der Waals surface area contributed by atoms with Gasteiger partial charge in [-0.2, -0.15) is 0 Å². The number of imidazole rings is 1. The zero-order valence-electron chi connectivity index (χ0n) is 19.8. The van der Waals surface area contributed by atoms with E-state index in [-0.39, 0.29) is 11.3 Å². The molecule has 1 saturated heterocycles. The fourth-order valence-corrected chi connectivity index (χ4v) is 4.63. The summed E-state index contributed by atoms with van der Waals surface area (Å²) in [7, 11) is 3.43. The van der Waals surface area contributed by atoms with Crippen LogP contribution in [0.5, 0.6) is 5.88 Å². The highest BCUT2D eigenvalue weighted by molar-refractivity contribution is 5.92. The molecule has 0 spiro atoms. The summed E-state index contributed by atoms with van der Waals surface area (Å²) in [4.78, 5) is 46.6. The maximum Gasteiger partial charge on any atom is 0.335 e. The van der Waals surface area contributed by atoms with E-state index in [1.54, 1.807) is 41.4 Å². The minimum absolute atomic E-state index is 0.138. The topological polar surface area (TPSA) is 118 Å². The number of nitrogens with zero attached hydrogens (tertiary/aromatic N) is 5. The lowest BCUT2D eigenvalue weighted by Gasteiger charge is -2.20. The summed E-state index contributed by atoms with van der Waals surface area (Å²) >= 11 is 0. The number of rotatable bonds is 4. The minimum atomic E-state index is -0.742. The number of anilines is 1. The van der Waals surface area contributed by atoms with Gasteiger partial charge in [-0.05, 0) is 49.6 Å². The quantitative estimate of drug-likeness (QED) is 0.439. The third-order valence-electron chi connectivity index (χ3n) is 6.53. The lowest BCUT2D eigenvalue weighted by Crippen LogP contribution is -2.31. The Balaban J connectivity index is 1.68. The molecule has 10 nitrogen and oxygen atoms in total. The van der Waals surface area contributed by atoms with Crippen LogP contribution in [0.25, 0.3) is 16.7 Å². The number of H-pyrrole nitrogens is 1. The first kappa shape index (κ1) is 22.5. The number of nitrogens with one attached hydrogen (secondary N) is 1. The first-order valence-corrected chi connectivity index (χ1v) is 11.4. The molecule has 0 amide bonds. The van der Waals surface area contributed by atoms with Gasteiger partial charge in [-0.1, -0.05) is 12.1 Å². The third-order valence-corrected chi connectivity index (χ3v) is 6.53. The number of aromatic hydroxyl groups is 1. The zero-order valence-corrected chi connectivity index (χ0v) is 19.8. The van der Waals surface area contributed by atoms with Gasteiger partial charge in [-0.25, -0.2) is 14.2 Å². The molecule has 180 valence electrons.